The zero-order valence-corrected chi connectivity index (χ0v) is 15.7. The average Bonchev–Trinajstić information content (AvgIpc) is 3.10. The van der Waals surface area contributed by atoms with E-state index in [-0.39, 0.29) is 18.8 Å². The van der Waals surface area contributed by atoms with Gasteiger partial charge in [0.1, 0.15) is 5.69 Å². The molecule has 31 heavy (non-hydrogen) atoms. The van der Waals surface area contributed by atoms with Gasteiger partial charge in [-0.25, -0.2) is 26.9 Å². The van der Waals surface area contributed by atoms with E-state index in [1.807, 2.05) is 0 Å². The fourth-order valence-corrected chi connectivity index (χ4v) is 3.45. The molecule has 4 aromatic rings. The number of carbonyl (C=O) groups excluding carboxylic acids is 1. The number of amides is 1. The minimum atomic E-state index is -2.22. The van der Waals surface area contributed by atoms with Crippen molar-refractivity contribution in [1.29, 1.82) is 0 Å². The summed E-state index contributed by atoms with van der Waals surface area (Å²) in [5, 5.41) is 12.4. The molecule has 2 aromatic heterocycles. The molecule has 160 valence electrons. The Labute approximate surface area is 171 Å². The number of benzene rings is 2. The number of aliphatic hydroxyl groups excluding tert-OH is 1. The summed E-state index contributed by atoms with van der Waals surface area (Å²) in [6, 6.07) is 8.13. The highest BCUT2D eigenvalue weighted by Crippen LogP contribution is 2.31. The van der Waals surface area contributed by atoms with Gasteiger partial charge in [-0.2, -0.15) is 0 Å². The number of nitrogens with zero attached hydrogens (tertiary/aromatic N) is 2. The van der Waals surface area contributed by atoms with Gasteiger partial charge in [-0.15, -0.1) is 0 Å². The molecule has 4 rings (SSSR count). The van der Waals surface area contributed by atoms with Gasteiger partial charge in [0.2, 0.25) is 5.82 Å². The van der Waals surface area contributed by atoms with Crippen molar-refractivity contribution in [3.05, 3.63) is 76.9 Å². The second-order valence-electron chi connectivity index (χ2n) is 6.72. The van der Waals surface area contributed by atoms with Gasteiger partial charge >= 0.3 is 0 Å². The number of hydrogen-bond acceptors (Lipinski definition) is 3. The van der Waals surface area contributed by atoms with Crippen molar-refractivity contribution in [2.75, 3.05) is 13.2 Å². The molecule has 0 unspecified atom stereocenters. The Morgan fingerprint density at radius 2 is 1.58 bits per heavy atom. The van der Waals surface area contributed by atoms with Crippen molar-refractivity contribution in [2.45, 2.75) is 6.54 Å². The van der Waals surface area contributed by atoms with Crippen LogP contribution in [0, 0.1) is 29.1 Å². The molecule has 1 amide bonds. The quantitative estimate of drug-likeness (QED) is 0.286. The number of pyridine rings is 1. The molecular formula is C21H14F5N3O2. The van der Waals surface area contributed by atoms with Crippen molar-refractivity contribution in [3.8, 4) is 0 Å². The predicted molar refractivity (Wildman–Crippen MR) is 102 cm³/mol. The molecule has 2 aromatic carbocycles. The van der Waals surface area contributed by atoms with Gasteiger partial charge in [0.05, 0.1) is 24.9 Å². The van der Waals surface area contributed by atoms with Crippen LogP contribution in [0.15, 0.2) is 36.5 Å². The number of carbonyl (C=O) groups is 1. The third-order valence-corrected chi connectivity index (χ3v) is 4.91. The molecule has 0 aliphatic rings. The summed E-state index contributed by atoms with van der Waals surface area (Å²) in [5.74, 6) is -10.6. The largest absolute Gasteiger partial charge is 0.395 e. The first kappa shape index (κ1) is 20.7. The molecule has 10 heteroatoms. The molecule has 0 saturated heterocycles. The molecule has 0 saturated carbocycles. The summed E-state index contributed by atoms with van der Waals surface area (Å²) in [6.07, 6.45) is 1.29. The highest BCUT2D eigenvalue weighted by atomic mass is 19.2. The summed E-state index contributed by atoms with van der Waals surface area (Å²) in [6.45, 7) is -0.872. The zero-order valence-electron chi connectivity index (χ0n) is 15.7. The zero-order chi connectivity index (χ0) is 22.3. The maximum atomic E-state index is 14.3. The number of nitrogens with one attached hydrogen (secondary N) is 1. The van der Waals surface area contributed by atoms with Crippen molar-refractivity contribution in [1.82, 2.24) is 14.9 Å². The van der Waals surface area contributed by atoms with Gasteiger partial charge in [-0.05, 0) is 12.1 Å². The van der Waals surface area contributed by atoms with Gasteiger partial charge in [0.25, 0.3) is 5.91 Å². The monoisotopic (exact) mass is 435 g/mol. The molecule has 0 aliphatic heterocycles. The van der Waals surface area contributed by atoms with Gasteiger partial charge in [0, 0.05) is 28.4 Å². The lowest BCUT2D eigenvalue weighted by molar-refractivity contribution is 0.0940. The van der Waals surface area contributed by atoms with Crippen molar-refractivity contribution in [2.24, 2.45) is 0 Å². The second-order valence-corrected chi connectivity index (χ2v) is 6.72. The average molecular weight is 435 g/mol. The third kappa shape index (κ3) is 3.38. The molecule has 2 heterocycles. The van der Waals surface area contributed by atoms with Gasteiger partial charge < -0.3 is 15.0 Å². The van der Waals surface area contributed by atoms with Crippen molar-refractivity contribution >= 4 is 27.7 Å². The van der Waals surface area contributed by atoms with Crippen LogP contribution in [-0.4, -0.2) is 33.7 Å². The lowest BCUT2D eigenvalue weighted by atomic mass is 10.1. The normalized spacial score (nSPS) is 11.4. The first-order chi connectivity index (χ1) is 14.8. The highest BCUT2D eigenvalue weighted by molar-refractivity contribution is 6.09. The van der Waals surface area contributed by atoms with Crippen LogP contribution in [0.4, 0.5) is 22.0 Å². The van der Waals surface area contributed by atoms with E-state index in [4.69, 9.17) is 5.11 Å². The SMILES string of the molecule is O=C(NCCO)c1cc2c3ccccc3n(Cc3c(F)c(F)c(F)c(F)c3F)c2cn1. The van der Waals surface area contributed by atoms with Crippen LogP contribution in [-0.2, 0) is 6.54 Å². The fourth-order valence-electron chi connectivity index (χ4n) is 3.45. The number of para-hydroxylation sites is 1. The maximum absolute atomic E-state index is 14.3. The molecule has 2 N–H and O–H groups in total. The summed E-state index contributed by atoms with van der Waals surface area (Å²) in [5.41, 5.74) is -0.149. The number of fused-ring (bicyclic) bond motifs is 3. The molecular weight excluding hydrogens is 421 g/mol. The highest BCUT2D eigenvalue weighted by Gasteiger charge is 2.26. The molecule has 0 fully saturated rings. The molecule has 0 atom stereocenters. The summed E-state index contributed by atoms with van der Waals surface area (Å²) in [7, 11) is 0. The topological polar surface area (TPSA) is 67.2 Å². The van der Waals surface area contributed by atoms with E-state index in [1.54, 1.807) is 24.3 Å². The van der Waals surface area contributed by atoms with E-state index in [9.17, 15) is 26.7 Å². The fraction of sp³-hybridized carbons (Fsp3) is 0.143. The number of rotatable bonds is 5. The minimum absolute atomic E-state index is 0.0283. The van der Waals surface area contributed by atoms with Crippen molar-refractivity contribution < 1.29 is 31.9 Å². The van der Waals surface area contributed by atoms with Crippen LogP contribution in [0.2, 0.25) is 0 Å². The molecule has 0 bridgehead atoms. The Bertz CT molecular complexity index is 1310. The predicted octanol–water partition coefficient (Wildman–Crippen LogP) is 3.66. The Morgan fingerprint density at radius 1 is 0.935 bits per heavy atom. The van der Waals surface area contributed by atoms with E-state index in [2.05, 4.69) is 10.3 Å². The van der Waals surface area contributed by atoms with E-state index in [0.717, 1.165) is 0 Å². The third-order valence-electron chi connectivity index (χ3n) is 4.91. The van der Waals surface area contributed by atoms with E-state index >= 15 is 0 Å². The van der Waals surface area contributed by atoms with Crippen LogP contribution in [0.25, 0.3) is 21.8 Å². The molecule has 0 aliphatic carbocycles. The lowest BCUT2D eigenvalue weighted by Gasteiger charge is -2.11. The number of halogens is 5. The van der Waals surface area contributed by atoms with Gasteiger partial charge in [-0.3, -0.25) is 4.79 Å². The maximum Gasteiger partial charge on any atom is 0.269 e. The summed E-state index contributed by atoms with van der Waals surface area (Å²) in [4.78, 5) is 16.2. The number of hydrogen-bond donors (Lipinski definition) is 2. The molecule has 0 spiro atoms. The smallest absolute Gasteiger partial charge is 0.269 e. The van der Waals surface area contributed by atoms with Crippen molar-refractivity contribution in [3.63, 3.8) is 0 Å². The van der Waals surface area contributed by atoms with E-state index in [0.29, 0.717) is 21.8 Å². The Morgan fingerprint density at radius 3 is 2.26 bits per heavy atom. The van der Waals surface area contributed by atoms with Gasteiger partial charge in [0.15, 0.2) is 23.3 Å². The number of aromatic nitrogens is 2. The lowest BCUT2D eigenvalue weighted by Crippen LogP contribution is -2.27. The van der Waals surface area contributed by atoms with E-state index in [1.165, 1.54) is 16.8 Å². The standard InChI is InChI=1S/C21H14F5N3O2/c22-16-12(17(23)19(25)20(26)18(16)24)9-29-14-4-2-1-3-10(14)11-7-13(28-8-15(11)29)21(31)27-5-6-30/h1-4,7-8,30H,5-6,9H2,(H,27,31). The van der Waals surface area contributed by atoms with Crippen LogP contribution in [0.5, 0.6) is 0 Å². The Kier molecular flexibility index (Phi) is 5.32. The van der Waals surface area contributed by atoms with Crippen LogP contribution in [0.3, 0.4) is 0 Å². The Balaban J connectivity index is 1.90. The number of aliphatic hydroxyl groups is 1. The molecule has 5 nitrogen and oxygen atoms in total. The first-order valence-corrected chi connectivity index (χ1v) is 9.11. The van der Waals surface area contributed by atoms with Gasteiger partial charge in [-0.1, -0.05) is 18.2 Å². The van der Waals surface area contributed by atoms with Crippen LogP contribution >= 0.6 is 0 Å². The minimum Gasteiger partial charge on any atom is -0.395 e. The summed E-state index contributed by atoms with van der Waals surface area (Å²) < 4.78 is 70.6. The molecule has 0 radical (unpaired) electrons. The summed E-state index contributed by atoms with van der Waals surface area (Å²) >= 11 is 0. The Hall–Kier alpha value is -3.53. The van der Waals surface area contributed by atoms with Crippen LogP contribution in [0.1, 0.15) is 16.1 Å². The van der Waals surface area contributed by atoms with E-state index < -0.39 is 47.1 Å². The first-order valence-electron chi connectivity index (χ1n) is 9.11. The second kappa shape index (κ2) is 7.95. The van der Waals surface area contributed by atoms with Crippen LogP contribution < -0.4 is 5.32 Å².